The molecule has 0 aromatic heterocycles. The maximum atomic E-state index is 12.4. The van der Waals surface area contributed by atoms with E-state index in [1.54, 1.807) is 30.3 Å². The number of amides is 2. The summed E-state index contributed by atoms with van der Waals surface area (Å²) in [5, 5.41) is 0. The molecular formula is C24H23BrN2O5. The lowest BCUT2D eigenvalue weighted by molar-refractivity contribution is 0.0846. The molecule has 0 atom stereocenters. The molecule has 7 nitrogen and oxygen atoms in total. The minimum absolute atomic E-state index is 0.311. The van der Waals surface area contributed by atoms with E-state index in [1.165, 1.54) is 25.8 Å². The van der Waals surface area contributed by atoms with Gasteiger partial charge in [0.25, 0.3) is 11.8 Å². The van der Waals surface area contributed by atoms with Crippen LogP contribution in [-0.2, 0) is 6.42 Å². The van der Waals surface area contributed by atoms with Crippen LogP contribution in [0.3, 0.4) is 0 Å². The van der Waals surface area contributed by atoms with Gasteiger partial charge in [0.1, 0.15) is 5.75 Å². The van der Waals surface area contributed by atoms with Crippen molar-refractivity contribution in [2.45, 2.75) is 6.42 Å². The topological polar surface area (TPSA) is 85.9 Å². The number of carbonyl (C=O) groups is 2. The highest BCUT2D eigenvalue weighted by Gasteiger charge is 2.13. The third-order valence-electron chi connectivity index (χ3n) is 4.62. The number of halogens is 1. The number of hydrogen-bond donors (Lipinski definition) is 2. The zero-order valence-electron chi connectivity index (χ0n) is 17.7. The number of hydrazine groups is 1. The van der Waals surface area contributed by atoms with Crippen molar-refractivity contribution in [3.05, 3.63) is 87.9 Å². The first-order chi connectivity index (χ1) is 15.5. The van der Waals surface area contributed by atoms with Gasteiger partial charge in [0, 0.05) is 17.5 Å². The van der Waals surface area contributed by atoms with Gasteiger partial charge in [-0.25, -0.2) is 0 Å². The quantitative estimate of drug-likeness (QED) is 0.455. The molecule has 0 saturated carbocycles. The highest BCUT2D eigenvalue weighted by molar-refractivity contribution is 9.10. The lowest BCUT2D eigenvalue weighted by Crippen LogP contribution is -2.41. The molecule has 3 aromatic carbocycles. The molecule has 2 N–H and O–H groups in total. The summed E-state index contributed by atoms with van der Waals surface area (Å²) in [6.07, 6.45) is 0.775. The molecule has 0 aliphatic carbocycles. The molecule has 8 heteroatoms. The molecule has 3 aromatic rings. The maximum absolute atomic E-state index is 12.4. The van der Waals surface area contributed by atoms with Crippen LogP contribution in [0.15, 0.2) is 71.2 Å². The van der Waals surface area contributed by atoms with Crippen LogP contribution in [0.2, 0.25) is 0 Å². The smallest absolute Gasteiger partial charge is 0.269 e. The summed E-state index contributed by atoms with van der Waals surface area (Å²) in [4.78, 5) is 24.8. The summed E-state index contributed by atoms with van der Waals surface area (Å²) >= 11 is 3.43. The number of carbonyl (C=O) groups excluding carboxylic acids is 2. The number of rotatable bonds is 8. The fourth-order valence-corrected chi connectivity index (χ4v) is 3.41. The minimum Gasteiger partial charge on any atom is -0.493 e. The summed E-state index contributed by atoms with van der Waals surface area (Å²) in [7, 11) is 2.99. The van der Waals surface area contributed by atoms with Gasteiger partial charge in [-0.15, -0.1) is 0 Å². The zero-order chi connectivity index (χ0) is 22.9. The van der Waals surface area contributed by atoms with Gasteiger partial charge in [0.15, 0.2) is 11.5 Å². The Kier molecular flexibility index (Phi) is 8.10. The molecule has 0 radical (unpaired) electrons. The summed E-state index contributed by atoms with van der Waals surface area (Å²) < 4.78 is 16.8. The van der Waals surface area contributed by atoms with Crippen molar-refractivity contribution in [3.8, 4) is 17.2 Å². The highest BCUT2D eigenvalue weighted by Crippen LogP contribution is 2.28. The Morgan fingerprint density at radius 1 is 0.781 bits per heavy atom. The molecule has 0 aliphatic heterocycles. The first-order valence-electron chi connectivity index (χ1n) is 9.81. The molecule has 0 saturated heterocycles. The van der Waals surface area contributed by atoms with E-state index >= 15 is 0 Å². The van der Waals surface area contributed by atoms with Crippen LogP contribution in [0.4, 0.5) is 0 Å². The van der Waals surface area contributed by atoms with Crippen molar-refractivity contribution in [2.24, 2.45) is 0 Å². The Balaban J connectivity index is 1.54. The van der Waals surface area contributed by atoms with Crippen molar-refractivity contribution < 1.29 is 23.8 Å². The molecule has 2 amide bonds. The van der Waals surface area contributed by atoms with Crippen LogP contribution in [0, 0.1) is 0 Å². The van der Waals surface area contributed by atoms with Crippen molar-refractivity contribution in [3.63, 3.8) is 0 Å². The molecule has 0 spiro atoms. The van der Waals surface area contributed by atoms with E-state index in [0.717, 1.165) is 6.42 Å². The number of methoxy groups -OCH3 is 2. The second-order valence-corrected chi connectivity index (χ2v) is 7.56. The van der Waals surface area contributed by atoms with Gasteiger partial charge in [0.05, 0.1) is 25.3 Å². The lowest BCUT2D eigenvalue weighted by atomic mass is 10.2. The normalized spacial score (nSPS) is 10.2. The summed E-state index contributed by atoms with van der Waals surface area (Å²) in [5.41, 5.74) is 6.65. The van der Waals surface area contributed by atoms with Crippen molar-refractivity contribution in [1.29, 1.82) is 0 Å². The molecule has 0 unspecified atom stereocenters. The summed E-state index contributed by atoms with van der Waals surface area (Å²) in [5.74, 6) is 0.601. The predicted molar refractivity (Wildman–Crippen MR) is 124 cm³/mol. The number of benzene rings is 3. The maximum Gasteiger partial charge on any atom is 0.269 e. The molecular weight excluding hydrogens is 476 g/mol. The monoisotopic (exact) mass is 498 g/mol. The first-order valence-corrected chi connectivity index (χ1v) is 10.6. The van der Waals surface area contributed by atoms with Gasteiger partial charge >= 0.3 is 0 Å². The van der Waals surface area contributed by atoms with E-state index in [-0.39, 0.29) is 0 Å². The SMILES string of the molecule is COc1ccc(C(=O)NNC(=O)c2ccc(OCCc3ccccc3)c(Br)c2)cc1OC. The average molecular weight is 499 g/mol. The second kappa shape index (κ2) is 11.2. The Morgan fingerprint density at radius 3 is 1.97 bits per heavy atom. The van der Waals surface area contributed by atoms with Crippen LogP contribution in [0.5, 0.6) is 17.2 Å². The molecule has 0 bridgehead atoms. The van der Waals surface area contributed by atoms with Crippen LogP contribution in [-0.4, -0.2) is 32.6 Å². The van der Waals surface area contributed by atoms with Gasteiger partial charge < -0.3 is 14.2 Å². The second-order valence-electron chi connectivity index (χ2n) is 6.71. The predicted octanol–water partition coefficient (Wildman–Crippen LogP) is 4.16. The fourth-order valence-electron chi connectivity index (χ4n) is 2.92. The Hall–Kier alpha value is -3.52. The number of ether oxygens (including phenoxy) is 3. The highest BCUT2D eigenvalue weighted by atomic mass is 79.9. The largest absolute Gasteiger partial charge is 0.493 e. The van der Waals surface area contributed by atoms with Gasteiger partial charge in [-0.3, -0.25) is 20.4 Å². The Morgan fingerprint density at radius 2 is 1.38 bits per heavy atom. The minimum atomic E-state index is -0.487. The van der Waals surface area contributed by atoms with Crippen molar-refractivity contribution in [2.75, 3.05) is 20.8 Å². The Labute approximate surface area is 194 Å². The molecule has 0 heterocycles. The van der Waals surface area contributed by atoms with Crippen LogP contribution < -0.4 is 25.1 Å². The molecule has 0 aliphatic rings. The number of hydrogen-bond acceptors (Lipinski definition) is 5. The van der Waals surface area contributed by atoms with Gasteiger partial charge in [-0.05, 0) is 57.9 Å². The van der Waals surface area contributed by atoms with Crippen LogP contribution in [0.1, 0.15) is 26.3 Å². The first kappa shape index (κ1) is 23.1. The molecule has 166 valence electrons. The summed E-state index contributed by atoms with van der Waals surface area (Å²) in [6.45, 7) is 0.509. The molecule has 0 fully saturated rings. The standard InChI is InChI=1S/C24H23BrN2O5/c1-30-21-11-9-18(15-22(21)31-2)24(29)27-26-23(28)17-8-10-20(19(25)14-17)32-13-12-16-6-4-3-5-7-16/h3-11,14-15H,12-13H2,1-2H3,(H,26,28)(H,27,29). The third-order valence-corrected chi connectivity index (χ3v) is 5.24. The molecule has 3 rings (SSSR count). The van der Waals surface area contributed by atoms with E-state index in [0.29, 0.717) is 39.5 Å². The number of nitrogens with one attached hydrogen (secondary N) is 2. The third kappa shape index (κ3) is 6.01. The van der Waals surface area contributed by atoms with E-state index in [2.05, 4.69) is 26.8 Å². The van der Waals surface area contributed by atoms with E-state index in [1.807, 2.05) is 30.3 Å². The molecule has 32 heavy (non-hydrogen) atoms. The van der Waals surface area contributed by atoms with Crippen LogP contribution >= 0.6 is 15.9 Å². The lowest BCUT2D eigenvalue weighted by Gasteiger charge is -2.12. The van der Waals surface area contributed by atoms with Gasteiger partial charge in [-0.2, -0.15) is 0 Å². The van der Waals surface area contributed by atoms with E-state index in [4.69, 9.17) is 14.2 Å². The van der Waals surface area contributed by atoms with E-state index < -0.39 is 11.8 Å². The van der Waals surface area contributed by atoms with Gasteiger partial charge in [-0.1, -0.05) is 30.3 Å². The zero-order valence-corrected chi connectivity index (χ0v) is 19.3. The average Bonchev–Trinajstić information content (AvgIpc) is 2.83. The summed E-state index contributed by atoms with van der Waals surface area (Å²) in [6, 6.07) is 19.7. The van der Waals surface area contributed by atoms with Gasteiger partial charge in [0.2, 0.25) is 0 Å². The Bertz CT molecular complexity index is 1090. The van der Waals surface area contributed by atoms with Crippen molar-refractivity contribution in [1.82, 2.24) is 10.9 Å². The van der Waals surface area contributed by atoms with Crippen molar-refractivity contribution >= 4 is 27.7 Å². The van der Waals surface area contributed by atoms with Crippen LogP contribution in [0.25, 0.3) is 0 Å². The van der Waals surface area contributed by atoms with E-state index in [9.17, 15) is 9.59 Å². The fraction of sp³-hybridized carbons (Fsp3) is 0.167.